The number of aliphatic hydroxyl groups excluding tert-OH is 3. The molecule has 2 aromatic heterocycles. The number of rotatable bonds is 17. The van der Waals surface area contributed by atoms with E-state index in [0.29, 0.717) is 56.3 Å². The predicted molar refractivity (Wildman–Crippen MR) is 177 cm³/mol. The first-order valence-electron chi connectivity index (χ1n) is 16.7. The van der Waals surface area contributed by atoms with E-state index in [1.54, 1.807) is 25.4 Å². The van der Waals surface area contributed by atoms with E-state index >= 15 is 0 Å². The average Bonchev–Trinajstić information content (AvgIpc) is 3.44. The fraction of sp³-hybridized carbons (Fsp3) is 0.583. The lowest BCUT2D eigenvalue weighted by atomic mass is 9.88. The van der Waals surface area contributed by atoms with Gasteiger partial charge in [0, 0.05) is 18.8 Å². The number of hydrogen-bond donors (Lipinski definition) is 6. The Bertz CT molecular complexity index is 1270. The first-order valence-corrected chi connectivity index (χ1v) is 16.7. The molecule has 0 aliphatic heterocycles. The lowest BCUT2D eigenvalue weighted by Gasteiger charge is -2.27. The molecule has 0 radical (unpaired) electrons. The number of nitrogen functional groups attached to an aromatic ring is 1. The third-order valence-corrected chi connectivity index (χ3v) is 9.35. The van der Waals surface area contributed by atoms with Crippen LogP contribution < -0.4 is 20.8 Å². The third kappa shape index (κ3) is 11.3. The largest absolute Gasteiger partial charge is 0.668 e. The van der Waals surface area contributed by atoms with Crippen LogP contribution in [-0.2, 0) is 12.8 Å². The normalized spacial score (nSPS) is 21.5. The number of benzene rings is 1. The van der Waals surface area contributed by atoms with Crippen molar-refractivity contribution in [1.29, 1.82) is 0 Å². The number of phenolic OH excluding ortho intramolecular Hbond substituents is 1. The summed E-state index contributed by atoms with van der Waals surface area (Å²) in [6, 6.07) is 13.4. The predicted octanol–water partition coefficient (Wildman–Crippen LogP) is 4.72. The summed E-state index contributed by atoms with van der Waals surface area (Å²) < 4.78 is 6.06. The molecule has 1 saturated carbocycles. The lowest BCUT2D eigenvalue weighted by Crippen LogP contribution is -2.38. The minimum atomic E-state index is -0.634. The van der Waals surface area contributed by atoms with Gasteiger partial charge in [-0.3, -0.25) is 0 Å². The van der Waals surface area contributed by atoms with Gasteiger partial charge < -0.3 is 41.2 Å². The highest BCUT2D eigenvalue weighted by Gasteiger charge is 2.30. The Hall–Kier alpha value is -3.11. The summed E-state index contributed by atoms with van der Waals surface area (Å²) >= 11 is 0. The number of ether oxygens (including phenoxy) is 1. The van der Waals surface area contributed by atoms with Crippen LogP contribution in [0.2, 0.25) is 0 Å². The Balaban J connectivity index is 1.28. The smallest absolute Gasteiger partial charge is 0.161 e. The molecular formula is C36H53N4O5-. The molecule has 0 bridgehead atoms. The average molecular weight is 622 g/mol. The van der Waals surface area contributed by atoms with Crippen molar-refractivity contribution in [2.45, 2.75) is 108 Å². The first kappa shape index (κ1) is 34.8. The molecule has 3 aromatic rings. The number of aromatic hydroxyl groups is 1. The zero-order valence-corrected chi connectivity index (χ0v) is 26.9. The molecule has 0 unspecified atom stereocenters. The van der Waals surface area contributed by atoms with E-state index in [1.807, 2.05) is 36.4 Å². The lowest BCUT2D eigenvalue weighted by molar-refractivity contribution is 0.0327. The molecule has 4 rings (SSSR count). The van der Waals surface area contributed by atoms with Gasteiger partial charge in [0.15, 0.2) is 11.5 Å². The van der Waals surface area contributed by atoms with Gasteiger partial charge in [0.2, 0.25) is 0 Å². The maximum atomic E-state index is 11.1. The fourth-order valence-corrected chi connectivity index (χ4v) is 6.65. The minimum absolute atomic E-state index is 0.0784. The molecule has 0 saturated heterocycles. The molecule has 1 aliphatic carbocycles. The van der Waals surface area contributed by atoms with Crippen molar-refractivity contribution in [3.63, 3.8) is 0 Å². The Morgan fingerprint density at radius 3 is 2.67 bits per heavy atom. The van der Waals surface area contributed by atoms with Gasteiger partial charge in [-0.1, -0.05) is 38.0 Å². The van der Waals surface area contributed by atoms with Crippen LogP contribution in [-0.4, -0.2) is 62.9 Å². The van der Waals surface area contributed by atoms with Crippen LogP contribution >= 0.6 is 0 Å². The van der Waals surface area contributed by atoms with Gasteiger partial charge in [0.1, 0.15) is 5.82 Å². The number of anilines is 1. The molecule has 0 amide bonds. The summed E-state index contributed by atoms with van der Waals surface area (Å²) in [6.07, 6.45) is 9.86. The van der Waals surface area contributed by atoms with Crippen LogP contribution in [0.25, 0.3) is 0 Å². The molecular weight excluding hydrogens is 568 g/mol. The van der Waals surface area contributed by atoms with E-state index in [4.69, 9.17) is 10.5 Å². The maximum absolute atomic E-state index is 11.1. The summed E-state index contributed by atoms with van der Waals surface area (Å²) in [4.78, 5) is 8.55. The van der Waals surface area contributed by atoms with Crippen molar-refractivity contribution >= 4 is 5.82 Å². The van der Waals surface area contributed by atoms with Gasteiger partial charge >= 0.3 is 0 Å². The molecule has 1 aromatic carbocycles. The number of phenols is 1. The number of aryl methyl sites for hydroxylation is 1. The van der Waals surface area contributed by atoms with E-state index in [9.17, 15) is 20.4 Å². The van der Waals surface area contributed by atoms with Crippen LogP contribution in [0, 0.1) is 11.8 Å². The van der Waals surface area contributed by atoms with Crippen molar-refractivity contribution in [2.24, 2.45) is 11.8 Å². The Kier molecular flexibility index (Phi) is 13.6. The van der Waals surface area contributed by atoms with Crippen LogP contribution in [0.5, 0.6) is 11.5 Å². The van der Waals surface area contributed by atoms with Crippen molar-refractivity contribution < 1.29 is 25.2 Å². The second kappa shape index (κ2) is 17.5. The molecule has 2 heterocycles. The molecule has 7 N–H and O–H groups in total. The molecule has 45 heavy (non-hydrogen) atoms. The molecule has 7 atom stereocenters. The standard InChI is InChI=1S/C36H53N4O5/c1-3-25-6-9-29(20-31(17-25)40-23-24(2)41)34(44)22-32(42)10-7-26-8-11-33(43)35(18-26)45-16-13-28(19-30-5-4-14-38-30)27-12-15-39-36(37)21-27/h4-5,8,11-12,14-15,18,21,24-25,28-29,31-32,34,40-44H,3,6-7,9-10,13,16-17,19-20,22-23H2,1-2H3,(H2,37,39)/q-1/t24-,25-,28+,29+,31-,32+,34+/m0/s1. The van der Waals surface area contributed by atoms with Crippen molar-refractivity contribution in [2.75, 3.05) is 18.9 Å². The van der Waals surface area contributed by atoms with Gasteiger partial charge in [0.05, 0.1) is 24.9 Å². The van der Waals surface area contributed by atoms with Crippen LogP contribution in [0.15, 0.2) is 54.9 Å². The summed E-state index contributed by atoms with van der Waals surface area (Å²) in [5, 5.41) is 45.7. The summed E-state index contributed by atoms with van der Waals surface area (Å²) in [5.74, 6) is 1.83. The van der Waals surface area contributed by atoms with E-state index in [-0.39, 0.29) is 23.6 Å². The molecule has 9 nitrogen and oxygen atoms in total. The van der Waals surface area contributed by atoms with E-state index in [0.717, 1.165) is 55.3 Å². The van der Waals surface area contributed by atoms with Crippen molar-refractivity contribution in [3.05, 3.63) is 71.7 Å². The van der Waals surface area contributed by atoms with Gasteiger partial charge in [-0.2, -0.15) is 11.9 Å². The maximum Gasteiger partial charge on any atom is 0.161 e. The fourth-order valence-electron chi connectivity index (χ4n) is 6.65. The highest BCUT2D eigenvalue weighted by molar-refractivity contribution is 5.42. The zero-order chi connectivity index (χ0) is 32.2. The van der Waals surface area contributed by atoms with Gasteiger partial charge in [-0.25, -0.2) is 4.98 Å². The summed E-state index contributed by atoms with van der Waals surface area (Å²) in [7, 11) is 0. The minimum Gasteiger partial charge on any atom is -0.668 e. The first-order chi connectivity index (χ1) is 21.7. The van der Waals surface area contributed by atoms with Crippen molar-refractivity contribution in [1.82, 2.24) is 15.3 Å². The number of aliphatic hydroxyl groups is 3. The number of aromatic nitrogens is 2. The zero-order valence-electron chi connectivity index (χ0n) is 26.9. The number of nitrogens with zero attached hydrogens (tertiary/aromatic N) is 2. The molecule has 1 aliphatic rings. The highest BCUT2D eigenvalue weighted by Crippen LogP contribution is 2.33. The molecule has 248 valence electrons. The van der Waals surface area contributed by atoms with Gasteiger partial charge in [-0.15, -0.1) is 0 Å². The van der Waals surface area contributed by atoms with E-state index < -0.39 is 18.3 Å². The summed E-state index contributed by atoms with van der Waals surface area (Å²) in [5.41, 5.74) is 8.98. The van der Waals surface area contributed by atoms with Crippen LogP contribution in [0.4, 0.5) is 5.82 Å². The van der Waals surface area contributed by atoms with E-state index in [2.05, 4.69) is 22.2 Å². The van der Waals surface area contributed by atoms with Crippen LogP contribution in [0.1, 0.15) is 88.0 Å². The second-order valence-electron chi connectivity index (χ2n) is 13.0. The van der Waals surface area contributed by atoms with E-state index in [1.165, 1.54) is 0 Å². The SMILES string of the molecule is CC[C@H]1CC[C@@H]([C@H](O)C[C@H](O)CCc2ccc(O)c(OCC[C@H](Cc3ccc[n-]3)c3ccnc(N)c3)c2)C[C@@H](NC[C@H](C)O)C1. The number of pyridine rings is 1. The van der Waals surface area contributed by atoms with Gasteiger partial charge in [0.25, 0.3) is 0 Å². The molecule has 0 spiro atoms. The van der Waals surface area contributed by atoms with Crippen molar-refractivity contribution in [3.8, 4) is 11.5 Å². The number of nitrogens with two attached hydrogens (primary N) is 1. The topological polar surface area (TPSA) is 155 Å². The quantitative estimate of drug-likeness (QED) is 0.117. The Morgan fingerprint density at radius 2 is 1.93 bits per heavy atom. The molecule has 9 heteroatoms. The van der Waals surface area contributed by atoms with Crippen LogP contribution in [0.3, 0.4) is 0 Å². The number of nitrogens with one attached hydrogen (secondary N) is 1. The second-order valence-corrected chi connectivity index (χ2v) is 13.0. The summed E-state index contributed by atoms with van der Waals surface area (Å²) in [6.45, 7) is 4.95. The monoisotopic (exact) mass is 621 g/mol. The third-order valence-electron chi connectivity index (χ3n) is 9.35. The highest BCUT2D eigenvalue weighted by atomic mass is 16.5. The number of hydrogen-bond acceptors (Lipinski definition) is 8. The van der Waals surface area contributed by atoms with Gasteiger partial charge in [-0.05, 0) is 111 Å². The Morgan fingerprint density at radius 1 is 1.09 bits per heavy atom. The molecule has 1 fully saturated rings. The Labute approximate surface area is 268 Å².